The first-order valence-corrected chi connectivity index (χ1v) is 10.1. The number of hydrogen-bond acceptors (Lipinski definition) is 9. The summed E-state index contributed by atoms with van der Waals surface area (Å²) in [6.07, 6.45) is 0. The Labute approximate surface area is 174 Å². The van der Waals surface area contributed by atoms with Gasteiger partial charge in [-0.05, 0) is 35.7 Å². The third kappa shape index (κ3) is 4.50. The molecule has 0 fully saturated rings. The van der Waals surface area contributed by atoms with Gasteiger partial charge in [0, 0.05) is 12.1 Å². The summed E-state index contributed by atoms with van der Waals surface area (Å²) in [5.41, 5.74) is -0.280. The minimum atomic E-state index is -0.530. The minimum Gasteiger partial charge on any atom is -0.258 e. The Hall–Kier alpha value is -1.92. The molecule has 0 bridgehead atoms. The molecule has 3 aromatic rings. The molecule has 1 aromatic heterocycles. The monoisotopic (exact) mass is 460 g/mol. The van der Waals surface area contributed by atoms with Crippen molar-refractivity contribution in [3.05, 3.63) is 66.7 Å². The summed E-state index contributed by atoms with van der Waals surface area (Å²) < 4.78 is 0.812. The average Bonchev–Trinajstić information content (AvgIpc) is 3.05. The van der Waals surface area contributed by atoms with E-state index < -0.39 is 9.85 Å². The molecule has 0 amide bonds. The van der Waals surface area contributed by atoms with Crippen molar-refractivity contribution < 1.29 is 9.85 Å². The van der Waals surface area contributed by atoms with Crippen LogP contribution in [0.25, 0.3) is 0 Å². The van der Waals surface area contributed by atoms with Crippen molar-refractivity contribution in [1.29, 1.82) is 0 Å². The largest absolute Gasteiger partial charge is 0.284 e. The highest BCUT2D eigenvalue weighted by Gasteiger charge is 2.22. The molecule has 2 aromatic carbocycles. The van der Waals surface area contributed by atoms with Gasteiger partial charge in [0.05, 0.1) is 19.9 Å². The SMILES string of the molecule is O=[N+]([O-])c1cccc(Cl)c1Sc1nnc(Sc2c(Cl)cccc2[N+](=O)[O-])s1. The molecule has 0 atom stereocenters. The molecule has 0 saturated heterocycles. The second-order valence-electron chi connectivity index (χ2n) is 4.73. The van der Waals surface area contributed by atoms with Crippen molar-refractivity contribution >= 4 is 69.4 Å². The van der Waals surface area contributed by atoms with Gasteiger partial charge >= 0.3 is 0 Å². The van der Waals surface area contributed by atoms with E-state index in [1.807, 2.05) is 0 Å². The van der Waals surface area contributed by atoms with Crippen LogP contribution < -0.4 is 0 Å². The first-order chi connectivity index (χ1) is 12.9. The molecule has 8 nitrogen and oxygen atoms in total. The molecule has 0 aliphatic heterocycles. The summed E-state index contributed by atoms with van der Waals surface area (Å²) in [6.45, 7) is 0. The van der Waals surface area contributed by atoms with Crippen molar-refractivity contribution in [3.63, 3.8) is 0 Å². The Morgan fingerprint density at radius 1 is 0.815 bits per heavy atom. The highest BCUT2D eigenvalue weighted by molar-refractivity contribution is 8.03. The lowest BCUT2D eigenvalue weighted by atomic mass is 10.3. The van der Waals surface area contributed by atoms with Crippen LogP contribution in [-0.4, -0.2) is 20.0 Å². The van der Waals surface area contributed by atoms with Crippen LogP contribution in [0.3, 0.4) is 0 Å². The fourth-order valence-corrected chi connectivity index (χ4v) is 5.63. The number of aromatic nitrogens is 2. The fourth-order valence-electron chi connectivity index (χ4n) is 1.94. The maximum absolute atomic E-state index is 11.2. The lowest BCUT2D eigenvalue weighted by Gasteiger charge is -2.02. The van der Waals surface area contributed by atoms with E-state index >= 15 is 0 Å². The molecule has 0 aliphatic rings. The molecule has 0 spiro atoms. The topological polar surface area (TPSA) is 112 Å². The zero-order valence-corrected chi connectivity index (χ0v) is 16.8. The van der Waals surface area contributed by atoms with Crippen LogP contribution in [0.5, 0.6) is 0 Å². The molecule has 3 rings (SSSR count). The molecule has 0 aliphatic carbocycles. The van der Waals surface area contributed by atoms with Crippen LogP contribution >= 0.6 is 58.1 Å². The summed E-state index contributed by atoms with van der Waals surface area (Å²) in [5.74, 6) is 0. The van der Waals surface area contributed by atoms with Gasteiger partial charge in [-0.1, -0.05) is 46.7 Å². The van der Waals surface area contributed by atoms with Crippen LogP contribution in [0.2, 0.25) is 10.0 Å². The van der Waals surface area contributed by atoms with E-state index in [2.05, 4.69) is 10.2 Å². The van der Waals surface area contributed by atoms with Crippen molar-refractivity contribution in [2.45, 2.75) is 18.5 Å². The van der Waals surface area contributed by atoms with E-state index in [-0.39, 0.29) is 31.2 Å². The molecular weight excluding hydrogens is 455 g/mol. The van der Waals surface area contributed by atoms with E-state index in [4.69, 9.17) is 23.2 Å². The number of benzene rings is 2. The van der Waals surface area contributed by atoms with Gasteiger partial charge < -0.3 is 0 Å². The highest BCUT2D eigenvalue weighted by atomic mass is 35.5. The van der Waals surface area contributed by atoms with E-state index in [0.717, 1.165) is 34.9 Å². The van der Waals surface area contributed by atoms with Crippen molar-refractivity contribution in [2.24, 2.45) is 0 Å². The van der Waals surface area contributed by atoms with E-state index in [1.165, 1.54) is 24.3 Å². The number of nitro groups is 2. The highest BCUT2D eigenvalue weighted by Crippen LogP contribution is 2.45. The molecule has 27 heavy (non-hydrogen) atoms. The van der Waals surface area contributed by atoms with Gasteiger partial charge in [0.15, 0.2) is 8.68 Å². The second-order valence-corrected chi connectivity index (χ2v) is 9.04. The zero-order valence-electron chi connectivity index (χ0n) is 12.9. The molecule has 0 saturated carbocycles. The standard InChI is InChI=1S/C14H6Cl2N4O4S3/c15-7-3-1-5-9(19(21)22)11(7)25-13-17-18-14(27-13)26-12-8(16)4-2-6-10(12)20(23)24/h1-6H. The van der Waals surface area contributed by atoms with Crippen molar-refractivity contribution in [1.82, 2.24) is 10.2 Å². The number of hydrogen-bond donors (Lipinski definition) is 0. The van der Waals surface area contributed by atoms with Gasteiger partial charge in [-0.2, -0.15) is 0 Å². The zero-order chi connectivity index (χ0) is 19.6. The first-order valence-electron chi connectivity index (χ1n) is 6.92. The quantitative estimate of drug-likeness (QED) is 0.326. The summed E-state index contributed by atoms with van der Waals surface area (Å²) >= 11 is 15.3. The van der Waals surface area contributed by atoms with Crippen LogP contribution in [0.15, 0.2) is 54.9 Å². The van der Waals surface area contributed by atoms with E-state index in [9.17, 15) is 20.2 Å². The Morgan fingerprint density at radius 2 is 1.22 bits per heavy atom. The average molecular weight is 461 g/mol. The van der Waals surface area contributed by atoms with Crippen molar-refractivity contribution in [2.75, 3.05) is 0 Å². The number of rotatable bonds is 6. The predicted octanol–water partition coefficient (Wildman–Crippen LogP) is 5.96. The third-order valence-electron chi connectivity index (χ3n) is 3.05. The van der Waals surface area contributed by atoms with Crippen molar-refractivity contribution in [3.8, 4) is 0 Å². The first kappa shape index (κ1) is 19.8. The lowest BCUT2D eigenvalue weighted by molar-refractivity contribution is -0.387. The maximum Gasteiger partial charge on any atom is 0.284 e. The van der Waals surface area contributed by atoms with Gasteiger partial charge in [-0.25, -0.2) is 0 Å². The summed E-state index contributed by atoms with van der Waals surface area (Å²) in [6, 6.07) is 8.75. The van der Waals surface area contributed by atoms with E-state index in [1.54, 1.807) is 12.1 Å². The number of nitro benzene ring substituents is 2. The Morgan fingerprint density at radius 3 is 1.59 bits per heavy atom. The summed E-state index contributed by atoms with van der Waals surface area (Å²) in [5, 5.41) is 30.7. The summed E-state index contributed by atoms with van der Waals surface area (Å²) in [7, 11) is 0. The van der Waals surface area contributed by atoms with Gasteiger partial charge in [-0.15, -0.1) is 10.2 Å². The molecule has 13 heteroatoms. The van der Waals surface area contributed by atoms with Crippen LogP contribution in [0, 0.1) is 20.2 Å². The molecule has 0 radical (unpaired) electrons. The Balaban J connectivity index is 1.88. The second kappa shape index (κ2) is 8.40. The summed E-state index contributed by atoms with van der Waals surface area (Å²) in [4.78, 5) is 21.8. The molecule has 0 N–H and O–H groups in total. The molecule has 138 valence electrons. The molecule has 0 unspecified atom stereocenters. The van der Waals surface area contributed by atoms with Gasteiger partial charge in [-0.3, -0.25) is 20.2 Å². The van der Waals surface area contributed by atoms with Gasteiger partial charge in [0.25, 0.3) is 11.4 Å². The van der Waals surface area contributed by atoms with Crippen LogP contribution in [0.4, 0.5) is 11.4 Å². The van der Waals surface area contributed by atoms with Crippen LogP contribution in [-0.2, 0) is 0 Å². The molecular formula is C14H6Cl2N4O4S3. The maximum atomic E-state index is 11.2. The Bertz CT molecular complexity index is 967. The van der Waals surface area contributed by atoms with E-state index in [0.29, 0.717) is 8.68 Å². The smallest absolute Gasteiger partial charge is 0.258 e. The fraction of sp³-hybridized carbons (Fsp3) is 0. The lowest BCUT2D eigenvalue weighted by Crippen LogP contribution is -1.91. The number of halogens is 2. The molecule has 1 heterocycles. The minimum absolute atomic E-state index is 0.140. The normalized spacial score (nSPS) is 10.7. The predicted molar refractivity (Wildman–Crippen MR) is 104 cm³/mol. The number of nitrogens with zero attached hydrogens (tertiary/aromatic N) is 4. The van der Waals surface area contributed by atoms with Gasteiger partial charge in [0.2, 0.25) is 0 Å². The Kier molecular flexibility index (Phi) is 6.17. The third-order valence-corrected chi connectivity index (χ3v) is 7.20. The van der Waals surface area contributed by atoms with Gasteiger partial charge in [0.1, 0.15) is 9.79 Å². The van der Waals surface area contributed by atoms with Crippen LogP contribution in [0.1, 0.15) is 0 Å².